The second-order valence-corrected chi connectivity index (χ2v) is 4.57. The van der Waals surface area contributed by atoms with Gasteiger partial charge >= 0.3 is 0 Å². The van der Waals surface area contributed by atoms with Crippen molar-refractivity contribution < 1.29 is 9.18 Å². The van der Waals surface area contributed by atoms with E-state index in [4.69, 9.17) is 5.73 Å². The summed E-state index contributed by atoms with van der Waals surface area (Å²) in [6, 6.07) is 4.56. The zero-order valence-corrected chi connectivity index (χ0v) is 10.4. The van der Waals surface area contributed by atoms with Gasteiger partial charge in [-0.25, -0.2) is 4.39 Å². The number of carbonyl (C=O) groups is 1. The molecule has 3 N–H and O–H groups in total. The first-order valence-electron chi connectivity index (χ1n) is 6.14. The molecule has 0 saturated carbocycles. The fourth-order valence-electron chi connectivity index (χ4n) is 2.56. The number of nitrogens with one attached hydrogen (secondary N) is 1. The minimum atomic E-state index is -0.584. The van der Waals surface area contributed by atoms with Crippen LogP contribution in [0.2, 0.25) is 0 Å². The number of hydrogen-bond acceptors (Lipinski definition) is 3. The number of hydrogen-bond donors (Lipinski definition) is 2. The summed E-state index contributed by atoms with van der Waals surface area (Å²) in [5.74, 6) is -1.02. The molecule has 1 aliphatic heterocycles. The number of primary amides is 1. The van der Waals surface area contributed by atoms with Crippen LogP contribution < -0.4 is 16.0 Å². The third kappa shape index (κ3) is 2.46. The Morgan fingerprint density at radius 1 is 1.61 bits per heavy atom. The molecule has 0 spiro atoms. The van der Waals surface area contributed by atoms with Gasteiger partial charge in [-0.1, -0.05) is 0 Å². The molecule has 1 saturated heterocycles. The van der Waals surface area contributed by atoms with Gasteiger partial charge in [-0.3, -0.25) is 4.79 Å². The Hall–Kier alpha value is -1.62. The first-order valence-corrected chi connectivity index (χ1v) is 6.14. The summed E-state index contributed by atoms with van der Waals surface area (Å²) in [4.78, 5) is 13.5. The molecule has 4 nitrogen and oxygen atoms in total. The van der Waals surface area contributed by atoms with Crippen molar-refractivity contribution in [2.75, 3.05) is 25.0 Å². The predicted molar refractivity (Wildman–Crippen MR) is 69.2 cm³/mol. The van der Waals surface area contributed by atoms with E-state index in [0.29, 0.717) is 6.04 Å². The van der Waals surface area contributed by atoms with Crippen molar-refractivity contribution in [2.45, 2.75) is 18.9 Å². The standard InChI is InChI=1S/C13H18FN3O/c1-16-8-10-3-2-6-17(10)12-5-4-9(14)7-11(12)13(15)18/h4-5,7,10,16H,2-3,6,8H2,1H3,(H2,15,18). The fourth-order valence-corrected chi connectivity index (χ4v) is 2.56. The van der Waals surface area contributed by atoms with Crippen molar-refractivity contribution in [1.82, 2.24) is 5.32 Å². The number of benzene rings is 1. The molecule has 1 fully saturated rings. The van der Waals surface area contributed by atoms with Crippen molar-refractivity contribution >= 4 is 11.6 Å². The molecule has 5 heteroatoms. The van der Waals surface area contributed by atoms with Crippen LogP contribution in [0, 0.1) is 5.82 Å². The average Bonchev–Trinajstić information content (AvgIpc) is 2.77. The number of anilines is 1. The molecule has 0 radical (unpaired) electrons. The lowest BCUT2D eigenvalue weighted by Gasteiger charge is -2.28. The molecule has 98 valence electrons. The van der Waals surface area contributed by atoms with Crippen LogP contribution >= 0.6 is 0 Å². The molecule has 0 aliphatic carbocycles. The molecule has 1 aromatic carbocycles. The fraction of sp³-hybridized carbons (Fsp3) is 0.462. The minimum absolute atomic E-state index is 0.262. The molecule has 1 heterocycles. The van der Waals surface area contributed by atoms with E-state index in [0.717, 1.165) is 31.6 Å². The molecule has 2 rings (SSSR count). The van der Waals surface area contributed by atoms with Crippen LogP contribution in [0.1, 0.15) is 23.2 Å². The number of nitrogens with zero attached hydrogens (tertiary/aromatic N) is 1. The lowest BCUT2D eigenvalue weighted by molar-refractivity contribution is 0.100. The molecule has 1 aliphatic rings. The normalized spacial score (nSPS) is 19.2. The highest BCUT2D eigenvalue weighted by atomic mass is 19.1. The van der Waals surface area contributed by atoms with E-state index in [-0.39, 0.29) is 5.56 Å². The van der Waals surface area contributed by atoms with Crippen LogP contribution in [0.5, 0.6) is 0 Å². The smallest absolute Gasteiger partial charge is 0.250 e. The molecule has 1 unspecified atom stereocenters. The van der Waals surface area contributed by atoms with Gasteiger partial charge in [0.2, 0.25) is 0 Å². The Morgan fingerprint density at radius 2 is 2.39 bits per heavy atom. The molecule has 0 bridgehead atoms. The summed E-state index contributed by atoms with van der Waals surface area (Å²) < 4.78 is 13.2. The number of halogens is 1. The van der Waals surface area contributed by atoms with Crippen molar-refractivity contribution in [2.24, 2.45) is 5.73 Å². The summed E-state index contributed by atoms with van der Waals surface area (Å²) >= 11 is 0. The van der Waals surface area contributed by atoms with Gasteiger partial charge in [0, 0.05) is 19.1 Å². The van der Waals surface area contributed by atoms with E-state index in [1.165, 1.54) is 12.1 Å². The number of likely N-dealkylation sites (N-methyl/N-ethyl adjacent to an activating group) is 1. The maximum absolute atomic E-state index is 13.2. The summed E-state index contributed by atoms with van der Waals surface area (Å²) in [6.07, 6.45) is 2.14. The van der Waals surface area contributed by atoms with Gasteiger partial charge in [0.25, 0.3) is 5.91 Å². The second-order valence-electron chi connectivity index (χ2n) is 4.57. The highest BCUT2D eigenvalue weighted by Crippen LogP contribution is 2.28. The van der Waals surface area contributed by atoms with Crippen molar-refractivity contribution in [3.63, 3.8) is 0 Å². The van der Waals surface area contributed by atoms with E-state index in [2.05, 4.69) is 10.2 Å². The Balaban J connectivity index is 2.34. The SMILES string of the molecule is CNCC1CCCN1c1ccc(F)cc1C(N)=O. The number of rotatable bonds is 4. The van der Waals surface area contributed by atoms with Gasteiger partial charge in [-0.05, 0) is 38.1 Å². The Morgan fingerprint density at radius 3 is 3.06 bits per heavy atom. The van der Waals surface area contributed by atoms with E-state index >= 15 is 0 Å². The van der Waals surface area contributed by atoms with E-state index in [9.17, 15) is 9.18 Å². The highest BCUT2D eigenvalue weighted by Gasteiger charge is 2.26. The minimum Gasteiger partial charge on any atom is -0.367 e. The summed E-state index contributed by atoms with van der Waals surface area (Å²) in [7, 11) is 1.90. The number of nitrogens with two attached hydrogens (primary N) is 1. The van der Waals surface area contributed by atoms with Crippen LogP contribution in [0.3, 0.4) is 0 Å². The van der Waals surface area contributed by atoms with Gasteiger partial charge in [0.05, 0.1) is 11.3 Å². The highest BCUT2D eigenvalue weighted by molar-refractivity contribution is 5.98. The topological polar surface area (TPSA) is 58.4 Å². The Labute approximate surface area is 106 Å². The number of carbonyl (C=O) groups excluding carboxylic acids is 1. The third-order valence-corrected chi connectivity index (χ3v) is 3.35. The first kappa shape index (κ1) is 12.8. The van der Waals surface area contributed by atoms with E-state index in [1.54, 1.807) is 6.07 Å². The zero-order valence-electron chi connectivity index (χ0n) is 10.4. The van der Waals surface area contributed by atoms with E-state index < -0.39 is 11.7 Å². The monoisotopic (exact) mass is 251 g/mol. The quantitative estimate of drug-likeness (QED) is 0.843. The largest absolute Gasteiger partial charge is 0.367 e. The van der Waals surface area contributed by atoms with E-state index in [1.807, 2.05) is 7.05 Å². The maximum Gasteiger partial charge on any atom is 0.250 e. The van der Waals surface area contributed by atoms with Gasteiger partial charge < -0.3 is 16.0 Å². The van der Waals surface area contributed by atoms with Crippen LogP contribution in [-0.2, 0) is 0 Å². The molecule has 1 amide bonds. The zero-order chi connectivity index (χ0) is 13.1. The molecular weight excluding hydrogens is 233 g/mol. The molecule has 1 aromatic rings. The molecular formula is C13H18FN3O. The Kier molecular flexibility index (Phi) is 3.81. The molecule has 0 aromatic heterocycles. The van der Waals surface area contributed by atoms with Crippen LogP contribution in [0.15, 0.2) is 18.2 Å². The predicted octanol–water partition coefficient (Wildman–Crippen LogP) is 1.11. The van der Waals surface area contributed by atoms with Gasteiger partial charge in [-0.15, -0.1) is 0 Å². The molecule has 1 atom stereocenters. The van der Waals surface area contributed by atoms with Crippen molar-refractivity contribution in [3.05, 3.63) is 29.6 Å². The summed E-state index contributed by atoms with van der Waals surface area (Å²) in [5, 5.41) is 3.14. The average molecular weight is 251 g/mol. The number of amides is 1. The van der Waals surface area contributed by atoms with Crippen molar-refractivity contribution in [1.29, 1.82) is 0 Å². The lowest BCUT2D eigenvalue weighted by atomic mass is 10.1. The van der Waals surface area contributed by atoms with Gasteiger partial charge in [-0.2, -0.15) is 0 Å². The summed E-state index contributed by atoms with van der Waals surface area (Å²) in [6.45, 7) is 1.72. The first-order chi connectivity index (χ1) is 8.63. The third-order valence-electron chi connectivity index (χ3n) is 3.35. The van der Waals surface area contributed by atoms with Gasteiger partial charge in [0.1, 0.15) is 5.82 Å². The summed E-state index contributed by atoms with van der Waals surface area (Å²) in [5.41, 5.74) is 6.32. The lowest BCUT2D eigenvalue weighted by Crippen LogP contribution is -2.37. The van der Waals surface area contributed by atoms with Gasteiger partial charge in [0.15, 0.2) is 0 Å². The molecule has 18 heavy (non-hydrogen) atoms. The Bertz CT molecular complexity index is 450. The van der Waals surface area contributed by atoms with Crippen molar-refractivity contribution in [3.8, 4) is 0 Å². The maximum atomic E-state index is 13.2. The van der Waals surface area contributed by atoms with Crippen LogP contribution in [-0.4, -0.2) is 32.1 Å². The second kappa shape index (κ2) is 5.35. The van der Waals surface area contributed by atoms with Crippen LogP contribution in [0.25, 0.3) is 0 Å². The van der Waals surface area contributed by atoms with Crippen LogP contribution in [0.4, 0.5) is 10.1 Å².